The van der Waals surface area contributed by atoms with Crippen LogP contribution in [-0.4, -0.2) is 35.4 Å². The Morgan fingerprint density at radius 2 is 1.85 bits per heavy atom. The van der Waals surface area contributed by atoms with E-state index < -0.39 is 39.9 Å². The third-order valence-corrected chi connectivity index (χ3v) is 8.56. The Hall–Kier alpha value is -4.47. The van der Waals surface area contributed by atoms with Crippen molar-refractivity contribution in [1.82, 2.24) is 4.57 Å². The SMILES string of the molecule is CCOC(=O)C1=C(C(F)(F)F)N=c2s/c(=C\c3cc(Br)cc(OC)c3OCc3ccc([N+](=O)[O-])cc3)c(=O)n2[C@@H]1c1ccc(Cl)cc1. The van der Waals surface area contributed by atoms with E-state index in [0.29, 0.717) is 32.0 Å². The quantitative estimate of drug-likeness (QED) is 0.113. The molecule has 0 aliphatic carbocycles. The molecule has 3 aromatic carbocycles. The number of allylic oxidation sites excluding steroid dienone is 1. The molecule has 1 aliphatic heterocycles. The van der Waals surface area contributed by atoms with Crippen LogP contribution >= 0.6 is 38.9 Å². The second kappa shape index (κ2) is 13.7. The van der Waals surface area contributed by atoms with Gasteiger partial charge in [-0.1, -0.05) is 51.0 Å². The second-order valence-electron chi connectivity index (χ2n) is 9.85. The van der Waals surface area contributed by atoms with Crippen molar-refractivity contribution in [2.75, 3.05) is 13.7 Å². The number of carbonyl (C=O) groups excluding carboxylic acids is 1. The fraction of sp³-hybridized carbons (Fsp3) is 0.194. The Bertz CT molecular complexity index is 2080. The number of nitrogens with zero attached hydrogens (tertiary/aromatic N) is 3. The van der Waals surface area contributed by atoms with Crippen LogP contribution in [0.5, 0.6) is 11.5 Å². The summed E-state index contributed by atoms with van der Waals surface area (Å²) in [6.07, 6.45) is -3.64. The number of benzene rings is 3. The van der Waals surface area contributed by atoms with Crippen LogP contribution in [0.15, 0.2) is 86.2 Å². The van der Waals surface area contributed by atoms with Gasteiger partial charge in [0.15, 0.2) is 22.0 Å². The molecule has 2 heterocycles. The van der Waals surface area contributed by atoms with Gasteiger partial charge >= 0.3 is 12.1 Å². The minimum absolute atomic E-state index is 0.0188. The van der Waals surface area contributed by atoms with Gasteiger partial charge in [0.05, 0.1) is 34.8 Å². The third-order valence-electron chi connectivity index (χ3n) is 6.87. The van der Waals surface area contributed by atoms with Crippen molar-refractivity contribution >= 4 is 56.6 Å². The molecule has 0 saturated carbocycles. The summed E-state index contributed by atoms with van der Waals surface area (Å²) in [6.45, 7) is 1.21. The second-order valence-corrected chi connectivity index (χ2v) is 12.2. The fourth-order valence-electron chi connectivity index (χ4n) is 4.81. The number of nitro benzene ring substituents is 1. The summed E-state index contributed by atoms with van der Waals surface area (Å²) in [5.41, 5.74) is -2.03. The lowest BCUT2D eigenvalue weighted by Gasteiger charge is -2.26. The van der Waals surface area contributed by atoms with E-state index in [2.05, 4.69) is 20.9 Å². The first-order chi connectivity index (χ1) is 22.3. The van der Waals surface area contributed by atoms with Crippen LogP contribution in [0.4, 0.5) is 18.9 Å². The molecule has 0 N–H and O–H groups in total. The van der Waals surface area contributed by atoms with Gasteiger partial charge in [0.1, 0.15) is 6.61 Å². The van der Waals surface area contributed by atoms with Crippen LogP contribution in [0, 0.1) is 10.1 Å². The Morgan fingerprint density at radius 1 is 1.17 bits per heavy atom. The molecule has 0 unspecified atom stereocenters. The monoisotopic (exact) mass is 751 g/mol. The largest absolute Gasteiger partial charge is 0.493 e. The molecule has 47 heavy (non-hydrogen) atoms. The van der Waals surface area contributed by atoms with Crippen LogP contribution < -0.4 is 24.4 Å². The molecule has 0 spiro atoms. The Labute approximate surface area is 281 Å². The van der Waals surface area contributed by atoms with Gasteiger partial charge in [-0.2, -0.15) is 13.2 Å². The lowest BCUT2D eigenvalue weighted by Crippen LogP contribution is -2.41. The van der Waals surface area contributed by atoms with E-state index in [1.807, 2.05) is 0 Å². The van der Waals surface area contributed by atoms with Crippen LogP contribution in [0.3, 0.4) is 0 Å². The van der Waals surface area contributed by atoms with Gasteiger partial charge in [0, 0.05) is 27.2 Å². The zero-order valence-electron chi connectivity index (χ0n) is 24.3. The molecule has 1 aliphatic rings. The number of carbonyl (C=O) groups is 1. The number of thiazole rings is 1. The van der Waals surface area contributed by atoms with Gasteiger partial charge in [0.25, 0.3) is 11.2 Å². The van der Waals surface area contributed by atoms with Gasteiger partial charge < -0.3 is 14.2 Å². The highest BCUT2D eigenvalue weighted by Gasteiger charge is 2.45. The smallest absolute Gasteiger partial charge is 0.434 e. The van der Waals surface area contributed by atoms with E-state index >= 15 is 0 Å². The zero-order chi connectivity index (χ0) is 34.0. The predicted molar refractivity (Wildman–Crippen MR) is 170 cm³/mol. The van der Waals surface area contributed by atoms with Gasteiger partial charge in [-0.15, -0.1) is 0 Å². The van der Waals surface area contributed by atoms with Crippen LogP contribution in [-0.2, 0) is 16.1 Å². The number of fused-ring (bicyclic) bond motifs is 1. The van der Waals surface area contributed by atoms with Crippen molar-refractivity contribution < 1.29 is 37.1 Å². The van der Waals surface area contributed by atoms with Crippen molar-refractivity contribution in [3.63, 3.8) is 0 Å². The minimum atomic E-state index is -5.06. The maximum atomic E-state index is 14.4. The van der Waals surface area contributed by atoms with Crippen LogP contribution in [0.25, 0.3) is 6.08 Å². The predicted octanol–water partition coefficient (Wildman–Crippen LogP) is 6.25. The summed E-state index contributed by atoms with van der Waals surface area (Å²) >= 11 is 10.1. The molecule has 10 nitrogen and oxygen atoms in total. The molecule has 1 atom stereocenters. The Morgan fingerprint density at radius 3 is 2.45 bits per heavy atom. The summed E-state index contributed by atoms with van der Waals surface area (Å²) in [6, 6.07) is 13.1. The number of ether oxygens (including phenoxy) is 3. The van der Waals surface area contributed by atoms with E-state index in [1.165, 1.54) is 68.6 Å². The number of hydrogen-bond donors (Lipinski definition) is 0. The number of rotatable bonds is 9. The fourth-order valence-corrected chi connectivity index (χ4v) is 6.39. The number of halogens is 5. The average Bonchev–Trinajstić information content (AvgIpc) is 3.34. The van der Waals surface area contributed by atoms with Crippen molar-refractivity contribution in [2.45, 2.75) is 25.7 Å². The average molecular weight is 753 g/mol. The molecular formula is C31H22BrClF3N3O7S. The number of aromatic nitrogens is 1. The molecule has 0 saturated heterocycles. The highest BCUT2D eigenvalue weighted by atomic mass is 79.9. The van der Waals surface area contributed by atoms with Gasteiger partial charge in [-0.25, -0.2) is 9.79 Å². The van der Waals surface area contributed by atoms with Gasteiger partial charge in [-0.3, -0.25) is 19.5 Å². The number of esters is 1. The van der Waals surface area contributed by atoms with Gasteiger partial charge in [0.2, 0.25) is 0 Å². The molecule has 16 heteroatoms. The Balaban J connectivity index is 1.69. The molecule has 0 amide bonds. The summed E-state index contributed by atoms with van der Waals surface area (Å²) in [7, 11) is 1.40. The molecular weight excluding hydrogens is 731 g/mol. The summed E-state index contributed by atoms with van der Waals surface area (Å²) in [5, 5.41) is 11.3. The van der Waals surface area contributed by atoms with Crippen LogP contribution in [0.2, 0.25) is 5.02 Å². The molecule has 0 fully saturated rings. The number of hydrogen-bond acceptors (Lipinski definition) is 9. The maximum Gasteiger partial charge on any atom is 0.434 e. The number of alkyl halides is 3. The van der Waals surface area contributed by atoms with E-state index in [9.17, 15) is 32.9 Å². The summed E-state index contributed by atoms with van der Waals surface area (Å²) in [4.78, 5) is 41.1. The standard InChI is InChI=1S/C31H22BrClF3N3O7S/c1-3-45-29(41)24-25(17-6-8-20(33)9-7-17)38-28(40)23(47-30(38)37-27(24)31(34,35)36)13-18-12-19(32)14-22(44-2)26(18)46-15-16-4-10-21(11-5-16)39(42)43/h4-14,25H,3,15H2,1-2H3/b23-13-/t25-/m1/s1. The van der Waals surface area contributed by atoms with E-state index in [4.69, 9.17) is 25.8 Å². The normalized spacial score (nSPS) is 14.8. The van der Waals surface area contributed by atoms with Crippen LogP contribution in [0.1, 0.15) is 29.7 Å². The summed E-state index contributed by atoms with van der Waals surface area (Å²) < 4.78 is 61.4. The highest BCUT2D eigenvalue weighted by molar-refractivity contribution is 9.10. The number of non-ortho nitro benzene ring substituents is 1. The van der Waals surface area contributed by atoms with Crippen molar-refractivity contribution in [3.8, 4) is 11.5 Å². The first-order valence-corrected chi connectivity index (χ1v) is 15.6. The minimum Gasteiger partial charge on any atom is -0.493 e. The van der Waals surface area contributed by atoms with Crippen molar-refractivity contribution in [1.29, 1.82) is 0 Å². The first kappa shape index (κ1) is 33.9. The first-order valence-electron chi connectivity index (χ1n) is 13.6. The Kier molecular flexibility index (Phi) is 9.89. The molecule has 1 aromatic heterocycles. The maximum absolute atomic E-state index is 14.4. The lowest BCUT2D eigenvalue weighted by molar-refractivity contribution is -0.384. The molecule has 4 aromatic rings. The number of methoxy groups -OCH3 is 1. The third kappa shape index (κ3) is 7.11. The zero-order valence-corrected chi connectivity index (χ0v) is 27.5. The summed E-state index contributed by atoms with van der Waals surface area (Å²) in [5.74, 6) is -0.808. The molecule has 5 rings (SSSR count). The molecule has 0 radical (unpaired) electrons. The highest BCUT2D eigenvalue weighted by Crippen LogP contribution is 2.39. The van der Waals surface area contributed by atoms with Gasteiger partial charge in [-0.05, 0) is 60.5 Å². The van der Waals surface area contributed by atoms with E-state index in [1.54, 1.807) is 12.1 Å². The molecule has 0 bridgehead atoms. The van der Waals surface area contributed by atoms with E-state index in [0.717, 1.165) is 4.57 Å². The topological polar surface area (TPSA) is 122 Å². The van der Waals surface area contributed by atoms with E-state index in [-0.39, 0.29) is 45.3 Å². The van der Waals surface area contributed by atoms with Crippen molar-refractivity contribution in [3.05, 3.63) is 128 Å². The van der Waals surface area contributed by atoms with Crippen molar-refractivity contribution in [2.24, 2.45) is 4.99 Å². The lowest BCUT2D eigenvalue weighted by atomic mass is 9.95. The molecule has 244 valence electrons. The number of nitro groups is 1.